The molecule has 4 nitrogen and oxygen atoms in total. The average Bonchev–Trinajstić information content (AvgIpc) is 2.69. The van der Waals surface area contributed by atoms with E-state index in [0.717, 1.165) is 12.8 Å². The number of aliphatic hydroxyl groups is 1. The minimum Gasteiger partial charge on any atom is -0.394 e. The number of nitrogens with one attached hydrogen (secondary N) is 1. The van der Waals surface area contributed by atoms with Crippen molar-refractivity contribution >= 4 is 17.2 Å². The molecule has 0 bridgehead atoms. The molecule has 2 rings (SSSR count). The molecular formula is C8H10N2O2S. The molecule has 13 heavy (non-hydrogen) atoms. The van der Waals surface area contributed by atoms with Gasteiger partial charge in [-0.3, -0.25) is 4.79 Å². The van der Waals surface area contributed by atoms with E-state index in [2.05, 4.69) is 10.3 Å². The topological polar surface area (TPSA) is 62.2 Å². The van der Waals surface area contributed by atoms with Crippen LogP contribution in [0.5, 0.6) is 0 Å². The average molecular weight is 198 g/mol. The van der Waals surface area contributed by atoms with Gasteiger partial charge in [-0.15, -0.1) is 11.3 Å². The van der Waals surface area contributed by atoms with E-state index in [0.29, 0.717) is 5.01 Å². The molecule has 0 aliphatic heterocycles. The molecule has 0 radical (unpaired) electrons. The van der Waals surface area contributed by atoms with E-state index in [9.17, 15) is 4.79 Å². The summed E-state index contributed by atoms with van der Waals surface area (Å²) in [6, 6.07) is 0. The van der Waals surface area contributed by atoms with Gasteiger partial charge in [-0.2, -0.15) is 0 Å². The summed E-state index contributed by atoms with van der Waals surface area (Å²) in [5, 5.41) is 14.0. The molecule has 1 aromatic heterocycles. The van der Waals surface area contributed by atoms with Gasteiger partial charge < -0.3 is 10.4 Å². The number of carbonyl (C=O) groups excluding carboxylic acids is 1. The Labute approximate surface area is 79.6 Å². The van der Waals surface area contributed by atoms with Gasteiger partial charge in [-0.1, -0.05) is 0 Å². The van der Waals surface area contributed by atoms with Crippen molar-refractivity contribution in [3.63, 3.8) is 0 Å². The Balaban J connectivity index is 2.00. The van der Waals surface area contributed by atoms with Crippen LogP contribution in [0.4, 0.5) is 0 Å². The number of rotatable bonds is 3. The maximum Gasteiger partial charge on any atom is 0.280 e. The van der Waals surface area contributed by atoms with E-state index in [4.69, 9.17) is 5.11 Å². The van der Waals surface area contributed by atoms with Crippen LogP contribution in [-0.4, -0.2) is 28.1 Å². The molecule has 2 N–H and O–H groups in total. The zero-order chi connectivity index (χ0) is 9.31. The Morgan fingerprint density at radius 1 is 1.77 bits per heavy atom. The predicted octanol–water partition coefficient (Wildman–Crippen LogP) is 0.398. The largest absolute Gasteiger partial charge is 0.394 e. The van der Waals surface area contributed by atoms with Gasteiger partial charge in [-0.25, -0.2) is 4.98 Å². The molecule has 5 heteroatoms. The number of amides is 1. The standard InChI is InChI=1S/C8H10N2O2S/c11-5-8(1-2-8)10-6(12)7-9-3-4-13-7/h3-4,11H,1-2,5H2,(H,10,12). The molecule has 0 atom stereocenters. The third-order valence-electron chi connectivity index (χ3n) is 2.16. The molecular weight excluding hydrogens is 188 g/mol. The number of carbonyl (C=O) groups is 1. The SMILES string of the molecule is O=C(NC1(CO)CC1)c1nccs1. The van der Waals surface area contributed by atoms with E-state index in [1.807, 2.05) is 0 Å². The molecule has 1 saturated carbocycles. The smallest absolute Gasteiger partial charge is 0.280 e. The highest BCUT2D eigenvalue weighted by atomic mass is 32.1. The monoisotopic (exact) mass is 198 g/mol. The third kappa shape index (κ3) is 1.71. The van der Waals surface area contributed by atoms with E-state index in [-0.39, 0.29) is 18.1 Å². The molecule has 0 aromatic carbocycles. The molecule has 1 heterocycles. The van der Waals surface area contributed by atoms with Crippen LogP contribution in [0.15, 0.2) is 11.6 Å². The van der Waals surface area contributed by atoms with Crippen LogP contribution >= 0.6 is 11.3 Å². The van der Waals surface area contributed by atoms with Crippen molar-refractivity contribution in [3.8, 4) is 0 Å². The van der Waals surface area contributed by atoms with E-state index >= 15 is 0 Å². The minimum atomic E-state index is -0.344. The Morgan fingerprint density at radius 3 is 3.00 bits per heavy atom. The molecule has 1 amide bonds. The van der Waals surface area contributed by atoms with Gasteiger partial charge in [0.25, 0.3) is 5.91 Å². The second kappa shape index (κ2) is 3.08. The second-order valence-corrected chi connectivity index (χ2v) is 4.12. The van der Waals surface area contributed by atoms with Crippen LogP contribution in [0, 0.1) is 0 Å². The number of hydrogen-bond donors (Lipinski definition) is 2. The highest BCUT2D eigenvalue weighted by Crippen LogP contribution is 2.34. The zero-order valence-electron chi connectivity index (χ0n) is 6.99. The lowest BCUT2D eigenvalue weighted by Gasteiger charge is -2.12. The number of aromatic nitrogens is 1. The molecule has 1 fully saturated rings. The highest BCUT2D eigenvalue weighted by Gasteiger charge is 2.43. The van der Waals surface area contributed by atoms with Gasteiger partial charge in [0, 0.05) is 11.6 Å². The fraction of sp³-hybridized carbons (Fsp3) is 0.500. The first-order chi connectivity index (χ1) is 6.26. The molecule has 1 aliphatic carbocycles. The van der Waals surface area contributed by atoms with Gasteiger partial charge in [0.2, 0.25) is 0 Å². The first kappa shape index (κ1) is 8.65. The van der Waals surface area contributed by atoms with E-state index in [1.54, 1.807) is 11.6 Å². The van der Waals surface area contributed by atoms with Gasteiger partial charge in [-0.05, 0) is 12.8 Å². The fourth-order valence-corrected chi connectivity index (χ4v) is 1.63. The Kier molecular flexibility index (Phi) is 2.05. The van der Waals surface area contributed by atoms with Gasteiger partial charge in [0.15, 0.2) is 5.01 Å². The van der Waals surface area contributed by atoms with Crippen LogP contribution in [0.2, 0.25) is 0 Å². The Hall–Kier alpha value is -0.940. The molecule has 0 unspecified atom stereocenters. The number of thiazole rings is 1. The molecule has 0 spiro atoms. The van der Waals surface area contributed by atoms with Crippen molar-refractivity contribution in [3.05, 3.63) is 16.6 Å². The first-order valence-electron chi connectivity index (χ1n) is 4.09. The van der Waals surface area contributed by atoms with Crippen LogP contribution in [-0.2, 0) is 0 Å². The summed E-state index contributed by atoms with van der Waals surface area (Å²) < 4.78 is 0. The van der Waals surface area contributed by atoms with Crippen LogP contribution in [0.25, 0.3) is 0 Å². The normalized spacial score (nSPS) is 18.2. The lowest BCUT2D eigenvalue weighted by Crippen LogP contribution is -2.39. The lowest BCUT2D eigenvalue weighted by molar-refractivity contribution is 0.0906. The summed E-state index contributed by atoms with van der Waals surface area (Å²) in [5.74, 6) is -0.179. The summed E-state index contributed by atoms with van der Waals surface area (Å²) in [6.45, 7) is 0.0180. The first-order valence-corrected chi connectivity index (χ1v) is 4.97. The van der Waals surface area contributed by atoms with E-state index < -0.39 is 0 Å². The fourth-order valence-electron chi connectivity index (χ4n) is 1.10. The Morgan fingerprint density at radius 2 is 2.54 bits per heavy atom. The molecule has 0 saturated heterocycles. The maximum atomic E-state index is 11.4. The second-order valence-electron chi connectivity index (χ2n) is 3.23. The van der Waals surface area contributed by atoms with Crippen LogP contribution in [0.3, 0.4) is 0 Å². The van der Waals surface area contributed by atoms with Crippen molar-refractivity contribution in [1.29, 1.82) is 0 Å². The third-order valence-corrected chi connectivity index (χ3v) is 2.93. The summed E-state index contributed by atoms with van der Waals surface area (Å²) in [6.07, 6.45) is 3.32. The number of nitrogens with zero attached hydrogens (tertiary/aromatic N) is 1. The van der Waals surface area contributed by atoms with Crippen molar-refractivity contribution in [1.82, 2.24) is 10.3 Å². The molecule has 70 valence electrons. The highest BCUT2D eigenvalue weighted by molar-refractivity contribution is 7.11. The van der Waals surface area contributed by atoms with Gasteiger partial charge >= 0.3 is 0 Å². The summed E-state index contributed by atoms with van der Waals surface area (Å²) in [5.41, 5.74) is -0.344. The predicted molar refractivity (Wildman–Crippen MR) is 48.6 cm³/mol. The van der Waals surface area contributed by atoms with Gasteiger partial charge in [0.05, 0.1) is 12.1 Å². The number of aliphatic hydroxyl groups excluding tert-OH is 1. The lowest BCUT2D eigenvalue weighted by atomic mass is 10.3. The van der Waals surface area contributed by atoms with Crippen molar-refractivity contribution in [2.45, 2.75) is 18.4 Å². The summed E-state index contributed by atoms with van der Waals surface area (Å²) in [7, 11) is 0. The van der Waals surface area contributed by atoms with Crippen molar-refractivity contribution in [2.24, 2.45) is 0 Å². The maximum absolute atomic E-state index is 11.4. The molecule has 1 aliphatic rings. The zero-order valence-corrected chi connectivity index (χ0v) is 7.80. The van der Waals surface area contributed by atoms with Gasteiger partial charge in [0.1, 0.15) is 0 Å². The van der Waals surface area contributed by atoms with Crippen molar-refractivity contribution in [2.75, 3.05) is 6.61 Å². The minimum absolute atomic E-state index is 0.0180. The summed E-state index contributed by atoms with van der Waals surface area (Å²) in [4.78, 5) is 15.3. The number of hydrogen-bond acceptors (Lipinski definition) is 4. The molecule has 1 aromatic rings. The van der Waals surface area contributed by atoms with E-state index in [1.165, 1.54) is 11.3 Å². The quantitative estimate of drug-likeness (QED) is 0.739. The van der Waals surface area contributed by atoms with Crippen LogP contribution < -0.4 is 5.32 Å². The summed E-state index contributed by atoms with van der Waals surface area (Å²) >= 11 is 1.31. The van der Waals surface area contributed by atoms with Crippen LogP contribution in [0.1, 0.15) is 22.6 Å². The Bertz CT molecular complexity index is 306. The van der Waals surface area contributed by atoms with Crippen molar-refractivity contribution < 1.29 is 9.90 Å².